The van der Waals surface area contributed by atoms with Crippen LogP contribution in [0.15, 0.2) is 12.7 Å². The summed E-state index contributed by atoms with van der Waals surface area (Å²) in [6.07, 6.45) is 8.50. The van der Waals surface area contributed by atoms with Crippen LogP contribution in [0.2, 0.25) is 0 Å². The van der Waals surface area contributed by atoms with Gasteiger partial charge in [-0.15, -0.1) is 6.58 Å². The summed E-state index contributed by atoms with van der Waals surface area (Å²) in [7, 11) is 0. The van der Waals surface area contributed by atoms with Crippen LogP contribution >= 0.6 is 0 Å². The van der Waals surface area contributed by atoms with E-state index in [0.717, 1.165) is 31.3 Å². The zero-order valence-corrected chi connectivity index (χ0v) is 11.7. The zero-order valence-electron chi connectivity index (χ0n) is 11.7. The molecule has 0 aromatic carbocycles. The summed E-state index contributed by atoms with van der Waals surface area (Å²) in [4.78, 5) is 2.69. The Balaban J connectivity index is 1.73. The fourth-order valence-electron chi connectivity index (χ4n) is 3.49. The van der Waals surface area contributed by atoms with Gasteiger partial charge >= 0.3 is 0 Å². The minimum Gasteiger partial charge on any atom is -0.376 e. The van der Waals surface area contributed by atoms with Crippen molar-refractivity contribution < 1.29 is 4.74 Å². The van der Waals surface area contributed by atoms with Gasteiger partial charge in [0.25, 0.3) is 0 Å². The fourth-order valence-corrected chi connectivity index (χ4v) is 3.49. The average Bonchev–Trinajstić information content (AvgIpc) is 2.62. The molecule has 1 N–H and O–H groups in total. The molecule has 0 aromatic heterocycles. The molecule has 3 heteroatoms. The summed E-state index contributed by atoms with van der Waals surface area (Å²) in [6.45, 7) is 9.73. The Labute approximate surface area is 112 Å². The molecule has 0 amide bonds. The number of piperidine rings is 1. The molecule has 0 radical (unpaired) electrons. The molecule has 2 heterocycles. The van der Waals surface area contributed by atoms with Crippen LogP contribution in [-0.2, 0) is 4.74 Å². The third-order valence-electron chi connectivity index (χ3n) is 4.30. The Hall–Kier alpha value is -0.380. The second-order valence-electron chi connectivity index (χ2n) is 5.61. The maximum absolute atomic E-state index is 5.53. The lowest BCUT2D eigenvalue weighted by atomic mass is 9.97. The Bertz CT molecular complexity index is 243. The van der Waals surface area contributed by atoms with Gasteiger partial charge in [-0.25, -0.2) is 0 Å². The third-order valence-corrected chi connectivity index (χ3v) is 4.30. The second-order valence-corrected chi connectivity index (χ2v) is 5.61. The number of nitrogens with zero attached hydrogens (tertiary/aromatic N) is 1. The van der Waals surface area contributed by atoms with Crippen LogP contribution < -0.4 is 5.32 Å². The summed E-state index contributed by atoms with van der Waals surface area (Å²) >= 11 is 0. The first-order valence-electron chi connectivity index (χ1n) is 7.53. The third kappa shape index (κ3) is 3.56. The highest BCUT2D eigenvalue weighted by molar-refractivity contribution is 4.97. The van der Waals surface area contributed by atoms with Gasteiger partial charge in [0.1, 0.15) is 0 Å². The molecular weight excluding hydrogens is 224 g/mol. The molecule has 2 aliphatic rings. The van der Waals surface area contributed by atoms with E-state index in [0.29, 0.717) is 6.61 Å². The van der Waals surface area contributed by atoms with E-state index in [1.807, 2.05) is 6.08 Å². The summed E-state index contributed by atoms with van der Waals surface area (Å²) in [5, 5.41) is 3.70. The Kier molecular flexibility index (Phi) is 5.67. The number of rotatable bonds is 8. The number of hydrogen-bond acceptors (Lipinski definition) is 3. The van der Waals surface area contributed by atoms with Crippen molar-refractivity contribution in [3.05, 3.63) is 12.7 Å². The smallest absolute Gasteiger partial charge is 0.0645 e. The SMILES string of the molecule is C=CCOCCN1C2CCC1CC(NCCC)C2. The van der Waals surface area contributed by atoms with Gasteiger partial charge < -0.3 is 10.1 Å². The summed E-state index contributed by atoms with van der Waals surface area (Å²) in [6, 6.07) is 2.35. The van der Waals surface area contributed by atoms with Crippen LogP contribution in [0.4, 0.5) is 0 Å². The molecule has 2 rings (SSSR count). The first-order chi connectivity index (χ1) is 8.85. The molecule has 0 spiro atoms. The number of nitrogens with one attached hydrogen (secondary N) is 1. The highest BCUT2D eigenvalue weighted by Crippen LogP contribution is 2.35. The highest BCUT2D eigenvalue weighted by Gasteiger charge is 2.39. The highest BCUT2D eigenvalue weighted by atomic mass is 16.5. The van der Waals surface area contributed by atoms with Gasteiger partial charge in [0.2, 0.25) is 0 Å². The molecule has 0 aromatic rings. The second kappa shape index (κ2) is 7.27. The van der Waals surface area contributed by atoms with E-state index >= 15 is 0 Å². The molecule has 2 fully saturated rings. The van der Waals surface area contributed by atoms with Crippen LogP contribution in [0.1, 0.15) is 39.0 Å². The molecule has 0 aliphatic carbocycles. The van der Waals surface area contributed by atoms with E-state index in [4.69, 9.17) is 4.74 Å². The average molecular weight is 252 g/mol. The standard InChI is InChI=1S/C15H28N2O/c1-3-7-16-13-11-14-5-6-15(12-13)17(14)8-10-18-9-4-2/h4,13-16H,2-3,5-12H2,1H3. The molecule has 0 saturated carbocycles. The molecule has 18 heavy (non-hydrogen) atoms. The molecule has 2 bridgehead atoms. The Morgan fingerprint density at radius 1 is 1.33 bits per heavy atom. The summed E-state index contributed by atoms with van der Waals surface area (Å²) in [5.74, 6) is 0. The Morgan fingerprint density at radius 2 is 2.06 bits per heavy atom. The first kappa shape index (κ1) is 14.0. The van der Waals surface area contributed by atoms with Crippen LogP contribution in [0.25, 0.3) is 0 Å². The minimum absolute atomic E-state index is 0.684. The van der Waals surface area contributed by atoms with Crippen LogP contribution in [0.5, 0.6) is 0 Å². The van der Waals surface area contributed by atoms with Crippen molar-refractivity contribution in [1.82, 2.24) is 10.2 Å². The molecule has 2 saturated heterocycles. The van der Waals surface area contributed by atoms with Crippen molar-refractivity contribution in [1.29, 1.82) is 0 Å². The summed E-state index contributed by atoms with van der Waals surface area (Å²) in [5.41, 5.74) is 0. The zero-order chi connectivity index (χ0) is 12.8. The lowest BCUT2D eigenvalue weighted by Crippen LogP contribution is -2.50. The molecule has 3 nitrogen and oxygen atoms in total. The van der Waals surface area contributed by atoms with Crippen molar-refractivity contribution in [3.8, 4) is 0 Å². The van der Waals surface area contributed by atoms with E-state index in [2.05, 4.69) is 23.7 Å². The molecule has 2 atom stereocenters. The van der Waals surface area contributed by atoms with Gasteiger partial charge in [0, 0.05) is 24.7 Å². The number of hydrogen-bond donors (Lipinski definition) is 1. The normalized spacial score (nSPS) is 31.7. The van der Waals surface area contributed by atoms with Gasteiger partial charge in [-0.1, -0.05) is 13.0 Å². The molecule has 2 unspecified atom stereocenters. The van der Waals surface area contributed by atoms with Crippen molar-refractivity contribution in [2.45, 2.75) is 57.2 Å². The van der Waals surface area contributed by atoms with Crippen molar-refractivity contribution in [3.63, 3.8) is 0 Å². The van der Waals surface area contributed by atoms with E-state index < -0.39 is 0 Å². The lowest BCUT2D eigenvalue weighted by molar-refractivity contribution is 0.0682. The van der Waals surface area contributed by atoms with Gasteiger partial charge in [0.15, 0.2) is 0 Å². The van der Waals surface area contributed by atoms with Gasteiger partial charge in [-0.2, -0.15) is 0 Å². The number of ether oxygens (including phenoxy) is 1. The van der Waals surface area contributed by atoms with Gasteiger partial charge in [0.05, 0.1) is 13.2 Å². The number of fused-ring (bicyclic) bond motifs is 2. The largest absolute Gasteiger partial charge is 0.376 e. The molecule has 104 valence electrons. The quantitative estimate of drug-likeness (QED) is 0.529. The van der Waals surface area contributed by atoms with Crippen LogP contribution in [0, 0.1) is 0 Å². The molecular formula is C15H28N2O. The van der Waals surface area contributed by atoms with Crippen molar-refractivity contribution in [2.75, 3.05) is 26.3 Å². The van der Waals surface area contributed by atoms with Crippen LogP contribution in [0.3, 0.4) is 0 Å². The van der Waals surface area contributed by atoms with E-state index in [-0.39, 0.29) is 0 Å². The van der Waals surface area contributed by atoms with Gasteiger partial charge in [-0.3, -0.25) is 4.90 Å². The van der Waals surface area contributed by atoms with E-state index in [1.165, 1.54) is 38.6 Å². The topological polar surface area (TPSA) is 24.5 Å². The fraction of sp³-hybridized carbons (Fsp3) is 0.867. The first-order valence-corrected chi connectivity index (χ1v) is 7.53. The predicted octanol–water partition coefficient (Wildman–Crippen LogP) is 2.18. The maximum Gasteiger partial charge on any atom is 0.0645 e. The van der Waals surface area contributed by atoms with Crippen molar-refractivity contribution >= 4 is 0 Å². The molecule has 2 aliphatic heterocycles. The Morgan fingerprint density at radius 3 is 2.67 bits per heavy atom. The summed E-state index contributed by atoms with van der Waals surface area (Å²) < 4.78 is 5.53. The minimum atomic E-state index is 0.684. The lowest BCUT2D eigenvalue weighted by Gasteiger charge is -2.39. The predicted molar refractivity (Wildman–Crippen MR) is 75.8 cm³/mol. The van der Waals surface area contributed by atoms with Gasteiger partial charge in [-0.05, 0) is 38.6 Å². The van der Waals surface area contributed by atoms with Crippen molar-refractivity contribution in [2.24, 2.45) is 0 Å². The van der Waals surface area contributed by atoms with E-state index in [9.17, 15) is 0 Å². The monoisotopic (exact) mass is 252 g/mol. The van der Waals surface area contributed by atoms with E-state index in [1.54, 1.807) is 0 Å². The van der Waals surface area contributed by atoms with Crippen LogP contribution in [-0.4, -0.2) is 49.3 Å². The maximum atomic E-state index is 5.53.